The van der Waals surface area contributed by atoms with Gasteiger partial charge in [0, 0.05) is 16.9 Å². The molecule has 1 heterocycles. The van der Waals surface area contributed by atoms with Gasteiger partial charge in [-0.15, -0.1) is 0 Å². The first kappa shape index (κ1) is 15.9. The highest BCUT2D eigenvalue weighted by atomic mass is 16.6. The molecule has 1 amide bonds. The van der Waals surface area contributed by atoms with Crippen LogP contribution < -0.4 is 10.6 Å². The zero-order chi connectivity index (χ0) is 16.2. The molecule has 2 N–H and O–H groups in total. The minimum atomic E-state index is -0.508. The molecule has 22 heavy (non-hydrogen) atoms. The summed E-state index contributed by atoms with van der Waals surface area (Å²) in [6, 6.07) is 9.54. The topological polar surface area (TPSA) is 63.5 Å². The smallest absolute Gasteiger partial charge is 0.412 e. The van der Waals surface area contributed by atoms with E-state index in [-0.39, 0.29) is 6.04 Å². The number of rotatable bonds is 4. The minimum absolute atomic E-state index is 0.142. The lowest BCUT2D eigenvalue weighted by molar-refractivity contribution is 0.0636. The summed E-state index contributed by atoms with van der Waals surface area (Å²) in [6.07, 6.45) is 2.91. The Kier molecular flexibility index (Phi) is 4.75. The molecule has 118 valence electrons. The van der Waals surface area contributed by atoms with Gasteiger partial charge in [-0.05, 0) is 58.0 Å². The number of carbonyl (C=O) groups is 1. The van der Waals surface area contributed by atoms with Gasteiger partial charge in [-0.3, -0.25) is 5.32 Å². The van der Waals surface area contributed by atoms with Crippen LogP contribution in [0.1, 0.15) is 39.3 Å². The number of furan rings is 1. The van der Waals surface area contributed by atoms with E-state index in [2.05, 4.69) is 17.6 Å². The average molecular weight is 302 g/mol. The van der Waals surface area contributed by atoms with Crippen molar-refractivity contribution in [1.82, 2.24) is 0 Å². The maximum absolute atomic E-state index is 11.7. The molecule has 2 rings (SSSR count). The third-order valence-corrected chi connectivity index (χ3v) is 2.96. The average Bonchev–Trinajstić information content (AvgIpc) is 2.92. The van der Waals surface area contributed by atoms with Gasteiger partial charge in [-0.25, -0.2) is 4.79 Å². The van der Waals surface area contributed by atoms with Crippen LogP contribution in [0.3, 0.4) is 0 Å². The molecule has 0 aliphatic rings. The first-order valence-electron chi connectivity index (χ1n) is 7.22. The van der Waals surface area contributed by atoms with Gasteiger partial charge in [0.15, 0.2) is 0 Å². The number of nitrogens with one attached hydrogen (secondary N) is 2. The second-order valence-electron chi connectivity index (χ2n) is 6.13. The SMILES string of the molecule is CC(Nc1ccc(NC(=O)OC(C)(C)C)cc1)c1ccoc1. The van der Waals surface area contributed by atoms with Crippen LogP contribution in [0.2, 0.25) is 0 Å². The van der Waals surface area contributed by atoms with Crippen molar-refractivity contribution in [3.05, 3.63) is 48.4 Å². The zero-order valence-corrected chi connectivity index (χ0v) is 13.3. The molecular weight excluding hydrogens is 280 g/mol. The van der Waals surface area contributed by atoms with E-state index in [9.17, 15) is 4.79 Å². The fourth-order valence-corrected chi connectivity index (χ4v) is 1.93. The first-order chi connectivity index (χ1) is 10.3. The molecule has 0 spiro atoms. The van der Waals surface area contributed by atoms with Gasteiger partial charge in [0.1, 0.15) is 5.60 Å². The summed E-state index contributed by atoms with van der Waals surface area (Å²) in [5.74, 6) is 0. The van der Waals surface area contributed by atoms with Crippen molar-refractivity contribution in [2.75, 3.05) is 10.6 Å². The summed E-state index contributed by atoms with van der Waals surface area (Å²) in [6.45, 7) is 7.54. The fraction of sp³-hybridized carbons (Fsp3) is 0.353. The van der Waals surface area contributed by atoms with E-state index in [1.165, 1.54) is 0 Å². The molecular formula is C17H22N2O3. The maximum Gasteiger partial charge on any atom is 0.412 e. The molecule has 1 unspecified atom stereocenters. The summed E-state index contributed by atoms with van der Waals surface area (Å²) in [5, 5.41) is 6.06. The molecule has 0 fully saturated rings. The highest BCUT2D eigenvalue weighted by molar-refractivity contribution is 5.85. The number of anilines is 2. The van der Waals surface area contributed by atoms with Crippen LogP contribution in [-0.2, 0) is 4.74 Å². The summed E-state index contributed by atoms with van der Waals surface area (Å²) in [4.78, 5) is 11.7. The normalized spacial score (nSPS) is 12.5. The van der Waals surface area contributed by atoms with Crippen LogP contribution in [-0.4, -0.2) is 11.7 Å². The molecule has 0 saturated heterocycles. The van der Waals surface area contributed by atoms with Gasteiger partial charge in [-0.2, -0.15) is 0 Å². The van der Waals surface area contributed by atoms with Crippen molar-refractivity contribution in [3.63, 3.8) is 0 Å². The number of hydrogen-bond donors (Lipinski definition) is 2. The van der Waals surface area contributed by atoms with Crippen LogP contribution >= 0.6 is 0 Å². The third kappa shape index (κ3) is 4.84. The predicted molar refractivity (Wildman–Crippen MR) is 87.0 cm³/mol. The van der Waals surface area contributed by atoms with Crippen molar-refractivity contribution < 1.29 is 13.9 Å². The Morgan fingerprint density at radius 3 is 2.32 bits per heavy atom. The molecule has 5 nitrogen and oxygen atoms in total. The van der Waals surface area contributed by atoms with Crippen molar-refractivity contribution in [3.8, 4) is 0 Å². The van der Waals surface area contributed by atoms with Gasteiger partial charge in [-0.1, -0.05) is 0 Å². The van der Waals surface area contributed by atoms with E-state index in [1.807, 2.05) is 51.1 Å². The highest BCUT2D eigenvalue weighted by Gasteiger charge is 2.16. The number of carbonyl (C=O) groups excluding carboxylic acids is 1. The van der Waals surface area contributed by atoms with E-state index in [1.54, 1.807) is 12.5 Å². The van der Waals surface area contributed by atoms with E-state index >= 15 is 0 Å². The Bertz CT molecular complexity index is 598. The Labute approximate surface area is 130 Å². The Morgan fingerprint density at radius 1 is 1.14 bits per heavy atom. The Hall–Kier alpha value is -2.43. The van der Waals surface area contributed by atoms with Gasteiger partial charge in [0.25, 0.3) is 0 Å². The van der Waals surface area contributed by atoms with Crippen LogP contribution in [0.25, 0.3) is 0 Å². The lowest BCUT2D eigenvalue weighted by Gasteiger charge is -2.20. The molecule has 0 bridgehead atoms. The summed E-state index contributed by atoms with van der Waals surface area (Å²) in [7, 11) is 0. The molecule has 0 radical (unpaired) electrons. The number of ether oxygens (including phenoxy) is 1. The lowest BCUT2D eigenvalue weighted by atomic mass is 10.1. The highest BCUT2D eigenvalue weighted by Crippen LogP contribution is 2.21. The molecule has 0 aliphatic carbocycles. The van der Waals surface area contributed by atoms with Crippen LogP contribution in [0, 0.1) is 0 Å². The fourth-order valence-electron chi connectivity index (χ4n) is 1.93. The number of hydrogen-bond acceptors (Lipinski definition) is 4. The number of amides is 1. The second-order valence-corrected chi connectivity index (χ2v) is 6.13. The Morgan fingerprint density at radius 2 is 1.77 bits per heavy atom. The van der Waals surface area contributed by atoms with Crippen LogP contribution in [0.5, 0.6) is 0 Å². The zero-order valence-electron chi connectivity index (χ0n) is 13.3. The van der Waals surface area contributed by atoms with Crippen molar-refractivity contribution in [2.24, 2.45) is 0 Å². The molecule has 1 aromatic carbocycles. The molecule has 0 saturated carbocycles. The van der Waals surface area contributed by atoms with E-state index in [0.29, 0.717) is 5.69 Å². The minimum Gasteiger partial charge on any atom is -0.472 e. The molecule has 1 atom stereocenters. The lowest BCUT2D eigenvalue weighted by Crippen LogP contribution is -2.27. The van der Waals surface area contributed by atoms with E-state index in [0.717, 1.165) is 11.3 Å². The van der Waals surface area contributed by atoms with Crippen molar-refractivity contribution >= 4 is 17.5 Å². The van der Waals surface area contributed by atoms with Gasteiger partial charge in [0.2, 0.25) is 0 Å². The monoisotopic (exact) mass is 302 g/mol. The molecule has 5 heteroatoms. The van der Waals surface area contributed by atoms with Crippen molar-refractivity contribution in [1.29, 1.82) is 0 Å². The molecule has 0 aliphatic heterocycles. The Balaban J connectivity index is 1.91. The van der Waals surface area contributed by atoms with Crippen LogP contribution in [0.4, 0.5) is 16.2 Å². The summed E-state index contributed by atoms with van der Waals surface area (Å²) >= 11 is 0. The second kappa shape index (κ2) is 6.56. The van der Waals surface area contributed by atoms with Gasteiger partial charge >= 0.3 is 6.09 Å². The molecule has 2 aromatic rings. The summed E-state index contributed by atoms with van der Waals surface area (Å²) < 4.78 is 10.3. The largest absolute Gasteiger partial charge is 0.472 e. The maximum atomic E-state index is 11.7. The van der Waals surface area contributed by atoms with Gasteiger partial charge in [0.05, 0.1) is 18.6 Å². The van der Waals surface area contributed by atoms with Gasteiger partial charge < -0.3 is 14.5 Å². The van der Waals surface area contributed by atoms with Crippen molar-refractivity contribution in [2.45, 2.75) is 39.3 Å². The van der Waals surface area contributed by atoms with E-state index in [4.69, 9.17) is 9.15 Å². The first-order valence-corrected chi connectivity index (χ1v) is 7.22. The van der Waals surface area contributed by atoms with Crippen LogP contribution in [0.15, 0.2) is 47.3 Å². The van der Waals surface area contributed by atoms with E-state index < -0.39 is 11.7 Å². The standard InChI is InChI=1S/C17H22N2O3/c1-12(13-9-10-21-11-13)18-14-5-7-15(8-6-14)19-16(20)22-17(2,3)4/h5-12,18H,1-4H3,(H,19,20). The summed E-state index contributed by atoms with van der Waals surface area (Å²) in [5.41, 5.74) is 2.22. The third-order valence-electron chi connectivity index (χ3n) is 2.96. The quantitative estimate of drug-likeness (QED) is 0.851. The predicted octanol–water partition coefficient (Wildman–Crippen LogP) is 4.80. The molecule has 1 aromatic heterocycles. The number of benzene rings is 1.